The van der Waals surface area contributed by atoms with Crippen LogP contribution in [0.4, 0.5) is 0 Å². The molecule has 210 valence electrons. The summed E-state index contributed by atoms with van der Waals surface area (Å²) in [5, 5.41) is 0. The standard InChI is InChI=1S/C33H48O5/c1-3-5-7-9-10-11-12-13-15-27-25-36-33(37-26-27)29-18-22-31(23-19-29)38-32(34)28-16-20-30(21-17-28)35-24-14-8-6-4-2/h16-23,27,33H,3-15,24-26H2,1-2H3. The van der Waals surface area contributed by atoms with E-state index in [-0.39, 0.29) is 12.3 Å². The Morgan fingerprint density at radius 3 is 1.89 bits per heavy atom. The first-order valence-corrected chi connectivity index (χ1v) is 15.0. The minimum atomic E-state index is -0.388. The lowest BCUT2D eigenvalue weighted by atomic mass is 10.0. The Hall–Kier alpha value is -2.37. The Labute approximate surface area is 230 Å². The van der Waals surface area contributed by atoms with Gasteiger partial charge in [-0.05, 0) is 49.2 Å². The van der Waals surface area contributed by atoms with Crippen LogP contribution in [0, 0.1) is 5.92 Å². The predicted octanol–water partition coefficient (Wildman–Crippen LogP) is 9.06. The number of benzene rings is 2. The van der Waals surface area contributed by atoms with Gasteiger partial charge in [0.15, 0.2) is 6.29 Å². The van der Waals surface area contributed by atoms with Crippen LogP contribution in [0.2, 0.25) is 0 Å². The van der Waals surface area contributed by atoms with Gasteiger partial charge in [0.2, 0.25) is 0 Å². The molecule has 0 saturated carbocycles. The first kappa shape index (κ1) is 30.2. The molecule has 5 heteroatoms. The van der Waals surface area contributed by atoms with Crippen molar-refractivity contribution in [2.45, 2.75) is 104 Å². The van der Waals surface area contributed by atoms with Crippen molar-refractivity contribution in [1.82, 2.24) is 0 Å². The predicted molar refractivity (Wildman–Crippen MR) is 153 cm³/mol. The van der Waals surface area contributed by atoms with Crippen LogP contribution in [0.1, 0.15) is 120 Å². The van der Waals surface area contributed by atoms with Gasteiger partial charge in [0, 0.05) is 11.5 Å². The molecule has 0 amide bonds. The number of rotatable bonds is 18. The lowest BCUT2D eigenvalue weighted by Gasteiger charge is -2.29. The number of hydrogen-bond donors (Lipinski definition) is 0. The van der Waals surface area contributed by atoms with Crippen LogP contribution in [0.5, 0.6) is 11.5 Å². The molecule has 0 bridgehead atoms. The average molecular weight is 525 g/mol. The van der Waals surface area contributed by atoms with Gasteiger partial charge in [0.05, 0.1) is 25.4 Å². The topological polar surface area (TPSA) is 54.0 Å². The van der Waals surface area contributed by atoms with Crippen LogP contribution >= 0.6 is 0 Å². The van der Waals surface area contributed by atoms with Crippen molar-refractivity contribution in [3.8, 4) is 11.5 Å². The second-order valence-corrected chi connectivity index (χ2v) is 10.5. The third-order valence-corrected chi connectivity index (χ3v) is 7.15. The lowest BCUT2D eigenvalue weighted by Crippen LogP contribution is -2.27. The van der Waals surface area contributed by atoms with Crippen molar-refractivity contribution in [2.75, 3.05) is 19.8 Å². The third-order valence-electron chi connectivity index (χ3n) is 7.15. The first-order chi connectivity index (χ1) is 18.7. The van der Waals surface area contributed by atoms with Gasteiger partial charge in [-0.15, -0.1) is 0 Å². The lowest BCUT2D eigenvalue weighted by molar-refractivity contribution is -0.206. The summed E-state index contributed by atoms with van der Waals surface area (Å²) in [6.07, 6.45) is 16.2. The number of unbranched alkanes of at least 4 members (excludes halogenated alkanes) is 10. The van der Waals surface area contributed by atoms with E-state index in [0.29, 0.717) is 23.8 Å². The molecule has 0 radical (unpaired) electrons. The molecule has 0 unspecified atom stereocenters. The van der Waals surface area contributed by atoms with E-state index in [2.05, 4.69) is 13.8 Å². The fourth-order valence-corrected chi connectivity index (χ4v) is 4.73. The van der Waals surface area contributed by atoms with Gasteiger partial charge in [-0.25, -0.2) is 4.79 Å². The fourth-order valence-electron chi connectivity index (χ4n) is 4.73. The monoisotopic (exact) mass is 524 g/mol. The van der Waals surface area contributed by atoms with Gasteiger partial charge in [-0.1, -0.05) is 96.6 Å². The van der Waals surface area contributed by atoms with Gasteiger partial charge < -0.3 is 18.9 Å². The summed E-state index contributed by atoms with van der Waals surface area (Å²) in [6.45, 7) is 6.62. The van der Waals surface area contributed by atoms with E-state index in [9.17, 15) is 4.79 Å². The van der Waals surface area contributed by atoms with Crippen molar-refractivity contribution in [1.29, 1.82) is 0 Å². The second kappa shape index (κ2) is 18.0. The highest BCUT2D eigenvalue weighted by Gasteiger charge is 2.23. The van der Waals surface area contributed by atoms with Crippen LogP contribution in [0.15, 0.2) is 48.5 Å². The van der Waals surface area contributed by atoms with E-state index < -0.39 is 0 Å². The maximum Gasteiger partial charge on any atom is 0.343 e. The van der Waals surface area contributed by atoms with Crippen molar-refractivity contribution in [2.24, 2.45) is 5.92 Å². The zero-order valence-electron chi connectivity index (χ0n) is 23.6. The minimum Gasteiger partial charge on any atom is -0.494 e. The SMILES string of the molecule is CCCCCCCCCCC1COC(c2ccc(OC(=O)c3ccc(OCCCCCC)cc3)cc2)OC1. The quantitative estimate of drug-likeness (QED) is 0.111. The van der Waals surface area contributed by atoms with Crippen molar-refractivity contribution in [3.63, 3.8) is 0 Å². The Bertz CT molecular complexity index is 885. The van der Waals surface area contributed by atoms with Gasteiger partial charge in [-0.3, -0.25) is 0 Å². The largest absolute Gasteiger partial charge is 0.494 e. The van der Waals surface area contributed by atoms with Crippen molar-refractivity contribution in [3.05, 3.63) is 59.7 Å². The summed E-state index contributed by atoms with van der Waals surface area (Å²) >= 11 is 0. The molecule has 1 heterocycles. The Kier molecular flexibility index (Phi) is 14.3. The van der Waals surface area contributed by atoms with Crippen LogP contribution in [-0.2, 0) is 9.47 Å². The molecular formula is C33H48O5. The summed E-state index contributed by atoms with van der Waals surface area (Å²) < 4.78 is 23.3. The van der Waals surface area contributed by atoms with Crippen LogP contribution in [-0.4, -0.2) is 25.8 Å². The molecule has 2 aromatic carbocycles. The minimum absolute atomic E-state index is 0.357. The summed E-state index contributed by atoms with van der Waals surface area (Å²) in [6, 6.07) is 14.5. The summed E-state index contributed by atoms with van der Waals surface area (Å²) in [7, 11) is 0. The van der Waals surface area contributed by atoms with Gasteiger partial charge >= 0.3 is 5.97 Å². The van der Waals surface area contributed by atoms with Crippen LogP contribution in [0.3, 0.4) is 0 Å². The van der Waals surface area contributed by atoms with Crippen molar-refractivity contribution >= 4 is 5.97 Å². The van der Waals surface area contributed by atoms with Gasteiger partial charge in [-0.2, -0.15) is 0 Å². The van der Waals surface area contributed by atoms with E-state index >= 15 is 0 Å². The molecule has 2 aromatic rings. The van der Waals surface area contributed by atoms with Gasteiger partial charge in [0.25, 0.3) is 0 Å². The highest BCUT2D eigenvalue weighted by Crippen LogP contribution is 2.29. The molecule has 0 atom stereocenters. The Morgan fingerprint density at radius 2 is 1.26 bits per heavy atom. The van der Waals surface area contributed by atoms with E-state index in [1.54, 1.807) is 24.3 Å². The number of hydrogen-bond acceptors (Lipinski definition) is 5. The Balaban J connectivity index is 1.32. The van der Waals surface area contributed by atoms with E-state index in [1.807, 2.05) is 24.3 Å². The number of ether oxygens (including phenoxy) is 4. The number of carbonyl (C=O) groups excluding carboxylic acids is 1. The van der Waals surface area contributed by atoms with Crippen LogP contribution < -0.4 is 9.47 Å². The molecule has 0 spiro atoms. The smallest absolute Gasteiger partial charge is 0.343 e. The van der Waals surface area contributed by atoms with E-state index in [1.165, 1.54) is 77.0 Å². The van der Waals surface area contributed by atoms with Crippen molar-refractivity contribution < 1.29 is 23.7 Å². The maximum absolute atomic E-state index is 12.6. The van der Waals surface area contributed by atoms with E-state index in [4.69, 9.17) is 18.9 Å². The third kappa shape index (κ3) is 11.2. The molecule has 0 N–H and O–H groups in total. The maximum atomic E-state index is 12.6. The second-order valence-electron chi connectivity index (χ2n) is 10.5. The molecule has 0 aliphatic carbocycles. The molecule has 1 fully saturated rings. The number of esters is 1. The first-order valence-electron chi connectivity index (χ1n) is 15.0. The Morgan fingerprint density at radius 1 is 0.711 bits per heavy atom. The average Bonchev–Trinajstić information content (AvgIpc) is 2.95. The zero-order valence-corrected chi connectivity index (χ0v) is 23.6. The molecule has 1 aliphatic heterocycles. The fraction of sp³-hybridized carbons (Fsp3) is 0.606. The van der Waals surface area contributed by atoms with Crippen LogP contribution in [0.25, 0.3) is 0 Å². The summed E-state index contributed by atoms with van der Waals surface area (Å²) in [5.41, 5.74) is 1.43. The molecule has 5 nitrogen and oxygen atoms in total. The number of carbonyl (C=O) groups is 1. The summed E-state index contributed by atoms with van der Waals surface area (Å²) in [4.78, 5) is 12.6. The molecule has 1 aliphatic rings. The van der Waals surface area contributed by atoms with Gasteiger partial charge in [0.1, 0.15) is 11.5 Å². The highest BCUT2D eigenvalue weighted by molar-refractivity contribution is 5.91. The zero-order chi connectivity index (χ0) is 26.8. The van der Waals surface area contributed by atoms with E-state index in [0.717, 1.165) is 30.9 Å². The molecular weight excluding hydrogens is 476 g/mol. The molecule has 1 saturated heterocycles. The summed E-state index contributed by atoms with van der Waals surface area (Å²) in [5.74, 6) is 1.36. The molecule has 38 heavy (non-hydrogen) atoms. The molecule has 3 rings (SSSR count). The molecule has 0 aromatic heterocycles. The highest BCUT2D eigenvalue weighted by atomic mass is 16.7. The normalized spacial score (nSPS) is 17.3.